The van der Waals surface area contributed by atoms with Gasteiger partial charge in [-0.05, 0) is 29.0 Å². The number of fused-ring (bicyclic) bond motifs is 2. The lowest BCUT2D eigenvalue weighted by molar-refractivity contribution is -0.384. The Morgan fingerprint density at radius 2 is 1.93 bits per heavy atom. The van der Waals surface area contributed by atoms with Crippen LogP contribution >= 0.6 is 11.3 Å². The number of nitro benzene ring substituents is 1. The van der Waals surface area contributed by atoms with E-state index in [4.69, 9.17) is 4.74 Å². The number of benzene rings is 3. The average Bonchev–Trinajstić information content (AvgIpc) is 3.07. The van der Waals surface area contributed by atoms with E-state index >= 15 is 0 Å². The SMILES string of the molecule is O=C(COc1ccc2ccccc2c1)Nc1nc2ccc([N+](=O)[O-])cc2s1. The lowest BCUT2D eigenvalue weighted by atomic mass is 10.1. The molecule has 4 aromatic rings. The molecule has 4 rings (SSSR count). The Bertz CT molecular complexity index is 1170. The Morgan fingerprint density at radius 3 is 2.74 bits per heavy atom. The maximum atomic E-state index is 12.1. The molecule has 1 aromatic heterocycles. The molecule has 0 bridgehead atoms. The van der Waals surface area contributed by atoms with Crippen LogP contribution < -0.4 is 10.1 Å². The summed E-state index contributed by atoms with van der Waals surface area (Å²) >= 11 is 1.18. The van der Waals surface area contributed by atoms with E-state index in [0.717, 1.165) is 10.8 Å². The fraction of sp³-hybridized carbons (Fsp3) is 0.0526. The fourth-order valence-electron chi connectivity index (χ4n) is 2.64. The maximum absolute atomic E-state index is 12.1. The van der Waals surface area contributed by atoms with Gasteiger partial charge >= 0.3 is 0 Å². The first kappa shape index (κ1) is 16.9. The average molecular weight is 379 g/mol. The van der Waals surface area contributed by atoms with Crippen LogP contribution in [0, 0.1) is 10.1 Å². The van der Waals surface area contributed by atoms with Crippen molar-refractivity contribution in [3.63, 3.8) is 0 Å². The van der Waals surface area contributed by atoms with E-state index in [0.29, 0.717) is 21.1 Å². The quantitative estimate of drug-likeness (QED) is 0.410. The molecule has 0 spiro atoms. The van der Waals surface area contributed by atoms with Crippen LogP contribution in [0.15, 0.2) is 60.7 Å². The van der Waals surface area contributed by atoms with Gasteiger partial charge in [0, 0.05) is 12.1 Å². The van der Waals surface area contributed by atoms with Gasteiger partial charge in [-0.3, -0.25) is 20.2 Å². The molecule has 0 unspecified atom stereocenters. The van der Waals surface area contributed by atoms with Crippen molar-refractivity contribution in [2.24, 2.45) is 0 Å². The van der Waals surface area contributed by atoms with Gasteiger partial charge in [0.05, 0.1) is 15.1 Å². The molecule has 0 aliphatic heterocycles. The fourth-order valence-corrected chi connectivity index (χ4v) is 3.56. The number of carbonyl (C=O) groups excluding carboxylic acids is 1. The highest BCUT2D eigenvalue weighted by Gasteiger charge is 2.12. The molecule has 0 saturated heterocycles. The van der Waals surface area contributed by atoms with Gasteiger partial charge in [-0.15, -0.1) is 0 Å². The van der Waals surface area contributed by atoms with Gasteiger partial charge in [-0.2, -0.15) is 0 Å². The van der Waals surface area contributed by atoms with Crippen molar-refractivity contribution >= 4 is 49.1 Å². The first-order valence-electron chi connectivity index (χ1n) is 8.05. The highest BCUT2D eigenvalue weighted by Crippen LogP contribution is 2.29. The number of nitrogens with one attached hydrogen (secondary N) is 1. The Balaban J connectivity index is 1.42. The Labute approximate surface area is 157 Å². The van der Waals surface area contributed by atoms with Crippen molar-refractivity contribution < 1.29 is 14.5 Å². The molecule has 134 valence electrons. The molecule has 1 heterocycles. The van der Waals surface area contributed by atoms with E-state index < -0.39 is 4.92 Å². The van der Waals surface area contributed by atoms with Gasteiger partial charge in [0.1, 0.15) is 5.75 Å². The lowest BCUT2D eigenvalue weighted by Crippen LogP contribution is -2.19. The molecule has 27 heavy (non-hydrogen) atoms. The normalized spacial score (nSPS) is 10.8. The molecule has 0 atom stereocenters. The van der Waals surface area contributed by atoms with Gasteiger partial charge in [-0.25, -0.2) is 4.98 Å². The summed E-state index contributed by atoms with van der Waals surface area (Å²) in [4.78, 5) is 26.8. The molecule has 7 nitrogen and oxygen atoms in total. The first-order chi connectivity index (χ1) is 13.1. The van der Waals surface area contributed by atoms with Crippen LogP contribution in [0.3, 0.4) is 0 Å². The standard InChI is InChI=1S/C19H13N3O4S/c23-18(11-26-15-7-5-12-3-1-2-4-13(12)9-15)21-19-20-16-8-6-14(22(24)25)10-17(16)27-19/h1-10H,11H2,(H,20,21,23). The van der Waals surface area contributed by atoms with Crippen LogP contribution in [0.5, 0.6) is 5.75 Å². The topological polar surface area (TPSA) is 94.4 Å². The number of hydrogen-bond acceptors (Lipinski definition) is 6. The van der Waals surface area contributed by atoms with Crippen molar-refractivity contribution in [2.75, 3.05) is 11.9 Å². The summed E-state index contributed by atoms with van der Waals surface area (Å²) in [6, 6.07) is 17.9. The van der Waals surface area contributed by atoms with Crippen LogP contribution in [0.25, 0.3) is 21.0 Å². The van der Waals surface area contributed by atoms with Gasteiger partial charge in [-0.1, -0.05) is 41.7 Å². The molecule has 0 saturated carbocycles. The second-order valence-corrected chi connectivity index (χ2v) is 6.80. The second kappa shape index (κ2) is 7.00. The number of nitro groups is 1. The van der Waals surface area contributed by atoms with Crippen molar-refractivity contribution in [1.82, 2.24) is 4.98 Å². The molecule has 0 aliphatic carbocycles. The zero-order valence-corrected chi connectivity index (χ0v) is 14.7. The summed E-state index contributed by atoms with van der Waals surface area (Å²) < 4.78 is 6.18. The highest BCUT2D eigenvalue weighted by atomic mass is 32.1. The van der Waals surface area contributed by atoms with Crippen molar-refractivity contribution in [1.29, 1.82) is 0 Å². The van der Waals surface area contributed by atoms with Gasteiger partial charge < -0.3 is 4.74 Å². The minimum Gasteiger partial charge on any atom is -0.484 e. The van der Waals surface area contributed by atoms with Crippen LogP contribution in [0.4, 0.5) is 10.8 Å². The van der Waals surface area contributed by atoms with Crippen LogP contribution in [0.2, 0.25) is 0 Å². The Morgan fingerprint density at radius 1 is 1.11 bits per heavy atom. The smallest absolute Gasteiger partial charge is 0.270 e. The zero-order chi connectivity index (χ0) is 18.8. The van der Waals surface area contributed by atoms with E-state index in [1.165, 1.54) is 23.5 Å². The number of aromatic nitrogens is 1. The summed E-state index contributed by atoms with van der Waals surface area (Å²) in [5.41, 5.74) is 0.583. The zero-order valence-electron chi connectivity index (χ0n) is 13.9. The van der Waals surface area contributed by atoms with Crippen molar-refractivity contribution in [2.45, 2.75) is 0 Å². The van der Waals surface area contributed by atoms with Gasteiger partial charge in [0.2, 0.25) is 0 Å². The molecular formula is C19H13N3O4S. The summed E-state index contributed by atoms with van der Waals surface area (Å²) in [7, 11) is 0. The third kappa shape index (κ3) is 3.70. The maximum Gasteiger partial charge on any atom is 0.270 e. The third-order valence-corrected chi connectivity index (χ3v) is 4.85. The van der Waals surface area contributed by atoms with E-state index in [9.17, 15) is 14.9 Å². The molecule has 3 aromatic carbocycles. The monoisotopic (exact) mass is 379 g/mol. The first-order valence-corrected chi connectivity index (χ1v) is 8.86. The predicted octanol–water partition coefficient (Wildman–Crippen LogP) is 4.38. The number of hydrogen-bond donors (Lipinski definition) is 1. The summed E-state index contributed by atoms with van der Waals surface area (Å²) in [6.45, 7) is -0.158. The van der Waals surface area contributed by atoms with E-state index in [1.807, 2.05) is 42.5 Å². The van der Waals surface area contributed by atoms with E-state index in [2.05, 4.69) is 10.3 Å². The molecule has 1 amide bonds. The highest BCUT2D eigenvalue weighted by molar-refractivity contribution is 7.22. The Kier molecular flexibility index (Phi) is 4.39. The largest absolute Gasteiger partial charge is 0.484 e. The minimum atomic E-state index is -0.463. The predicted molar refractivity (Wildman–Crippen MR) is 104 cm³/mol. The number of non-ortho nitro benzene ring substituents is 1. The van der Waals surface area contributed by atoms with Crippen LogP contribution in [0.1, 0.15) is 0 Å². The summed E-state index contributed by atoms with van der Waals surface area (Å²) in [6.07, 6.45) is 0. The third-order valence-electron chi connectivity index (χ3n) is 3.92. The minimum absolute atomic E-state index is 0.0105. The molecule has 0 fully saturated rings. The van der Waals surface area contributed by atoms with E-state index in [1.54, 1.807) is 6.07 Å². The Hall–Kier alpha value is -3.52. The summed E-state index contributed by atoms with van der Waals surface area (Å²) in [5, 5.41) is 16.0. The van der Waals surface area contributed by atoms with Gasteiger partial charge in [0.15, 0.2) is 11.7 Å². The number of ether oxygens (including phenoxy) is 1. The van der Waals surface area contributed by atoms with E-state index in [-0.39, 0.29) is 18.2 Å². The molecule has 0 radical (unpaired) electrons. The number of amides is 1. The van der Waals surface area contributed by atoms with Crippen LogP contribution in [-0.4, -0.2) is 22.4 Å². The molecule has 0 aliphatic rings. The van der Waals surface area contributed by atoms with Crippen molar-refractivity contribution in [3.8, 4) is 5.75 Å². The number of anilines is 1. The second-order valence-electron chi connectivity index (χ2n) is 5.77. The lowest BCUT2D eigenvalue weighted by Gasteiger charge is -2.07. The molecule has 8 heteroatoms. The van der Waals surface area contributed by atoms with Crippen molar-refractivity contribution in [3.05, 3.63) is 70.8 Å². The molecular weight excluding hydrogens is 366 g/mol. The number of carbonyl (C=O) groups is 1. The number of nitrogens with zero attached hydrogens (tertiary/aromatic N) is 2. The number of thiazole rings is 1. The van der Waals surface area contributed by atoms with Gasteiger partial charge in [0.25, 0.3) is 11.6 Å². The number of rotatable bonds is 5. The molecule has 1 N–H and O–H groups in total. The summed E-state index contributed by atoms with van der Waals surface area (Å²) in [5.74, 6) is 0.250. The van der Waals surface area contributed by atoms with Crippen LogP contribution in [-0.2, 0) is 4.79 Å².